The predicted molar refractivity (Wildman–Crippen MR) is 113 cm³/mol. The van der Waals surface area contributed by atoms with Crippen LogP contribution in [0.4, 0.5) is 0 Å². The predicted octanol–water partition coefficient (Wildman–Crippen LogP) is 4.91. The van der Waals surface area contributed by atoms with E-state index in [4.69, 9.17) is 9.47 Å². The summed E-state index contributed by atoms with van der Waals surface area (Å²) in [6, 6.07) is 12.7. The Bertz CT molecular complexity index is 788. The van der Waals surface area contributed by atoms with Crippen LogP contribution in [-0.2, 0) is 12.8 Å². The quantitative estimate of drug-likeness (QED) is 0.630. The van der Waals surface area contributed by atoms with Gasteiger partial charge in [0.05, 0.1) is 14.2 Å². The summed E-state index contributed by atoms with van der Waals surface area (Å²) in [4.78, 5) is 2.42. The molecule has 0 fully saturated rings. The van der Waals surface area contributed by atoms with E-state index in [-0.39, 0.29) is 0 Å². The third-order valence-corrected chi connectivity index (χ3v) is 5.44. The molecule has 0 saturated heterocycles. The molecule has 2 aromatic carbocycles. The average molecular weight is 366 g/mol. The zero-order valence-corrected chi connectivity index (χ0v) is 17.0. The summed E-state index contributed by atoms with van der Waals surface area (Å²) in [5, 5.41) is 0. The molecular weight excluding hydrogens is 334 g/mol. The average Bonchev–Trinajstić information content (AvgIpc) is 3.10. The molecule has 3 nitrogen and oxygen atoms in total. The highest BCUT2D eigenvalue weighted by Crippen LogP contribution is 2.29. The number of allylic oxidation sites excluding steroid dienone is 1. The minimum atomic E-state index is 0.857. The fraction of sp³-hybridized carbons (Fsp3) is 0.417. The Kier molecular flexibility index (Phi) is 6.57. The molecule has 0 aliphatic heterocycles. The minimum Gasteiger partial charge on any atom is -0.497 e. The van der Waals surface area contributed by atoms with Gasteiger partial charge in [-0.25, -0.2) is 0 Å². The van der Waals surface area contributed by atoms with Crippen molar-refractivity contribution in [2.24, 2.45) is 0 Å². The van der Waals surface area contributed by atoms with E-state index in [9.17, 15) is 0 Å². The fourth-order valence-electron chi connectivity index (χ4n) is 3.78. The number of methoxy groups -OCH3 is 2. The SMILES string of the molecule is COc1cc(CCN(C)CCCC2=Cc3cccc(C)c3C2)cc(OC)c1. The molecule has 0 unspecified atom stereocenters. The summed E-state index contributed by atoms with van der Waals surface area (Å²) in [5.41, 5.74) is 7.19. The highest BCUT2D eigenvalue weighted by molar-refractivity contribution is 5.65. The van der Waals surface area contributed by atoms with Gasteiger partial charge in [0.25, 0.3) is 0 Å². The fourth-order valence-corrected chi connectivity index (χ4v) is 3.78. The van der Waals surface area contributed by atoms with E-state index < -0.39 is 0 Å². The summed E-state index contributed by atoms with van der Waals surface area (Å²) < 4.78 is 10.7. The van der Waals surface area contributed by atoms with Crippen molar-refractivity contribution in [3.8, 4) is 11.5 Å². The Hall–Kier alpha value is -2.26. The number of fused-ring (bicyclic) bond motifs is 1. The minimum absolute atomic E-state index is 0.857. The first-order chi connectivity index (χ1) is 13.1. The third kappa shape index (κ3) is 5.14. The lowest BCUT2D eigenvalue weighted by atomic mass is 10.0. The Labute approximate surface area is 163 Å². The van der Waals surface area contributed by atoms with Crippen molar-refractivity contribution in [2.75, 3.05) is 34.4 Å². The number of rotatable bonds is 9. The number of likely N-dealkylation sites (N-methyl/N-ethyl adjacent to an activating group) is 1. The molecule has 0 N–H and O–H groups in total. The van der Waals surface area contributed by atoms with Crippen molar-refractivity contribution in [2.45, 2.75) is 32.6 Å². The largest absolute Gasteiger partial charge is 0.497 e. The first-order valence-corrected chi connectivity index (χ1v) is 9.77. The first-order valence-electron chi connectivity index (χ1n) is 9.77. The van der Waals surface area contributed by atoms with E-state index in [1.165, 1.54) is 35.1 Å². The van der Waals surface area contributed by atoms with Crippen LogP contribution in [0.25, 0.3) is 6.08 Å². The van der Waals surface area contributed by atoms with Crippen LogP contribution in [0, 0.1) is 6.92 Å². The molecule has 0 bridgehead atoms. The number of hydrogen-bond donors (Lipinski definition) is 0. The van der Waals surface area contributed by atoms with Gasteiger partial charge in [-0.2, -0.15) is 0 Å². The van der Waals surface area contributed by atoms with Crippen molar-refractivity contribution in [1.82, 2.24) is 4.90 Å². The normalized spacial score (nSPS) is 12.9. The van der Waals surface area contributed by atoms with Gasteiger partial charge in [0, 0.05) is 12.6 Å². The van der Waals surface area contributed by atoms with E-state index >= 15 is 0 Å². The smallest absolute Gasteiger partial charge is 0.122 e. The van der Waals surface area contributed by atoms with Gasteiger partial charge >= 0.3 is 0 Å². The van der Waals surface area contributed by atoms with Crippen LogP contribution >= 0.6 is 0 Å². The van der Waals surface area contributed by atoms with E-state index in [2.05, 4.69) is 55.3 Å². The van der Waals surface area contributed by atoms with Crippen molar-refractivity contribution >= 4 is 6.08 Å². The summed E-state index contributed by atoms with van der Waals surface area (Å²) in [7, 11) is 5.60. The molecule has 1 aliphatic rings. The highest BCUT2D eigenvalue weighted by Gasteiger charge is 2.14. The molecule has 0 atom stereocenters. The lowest BCUT2D eigenvalue weighted by molar-refractivity contribution is 0.332. The number of nitrogens with zero attached hydrogens (tertiary/aromatic N) is 1. The number of hydrogen-bond acceptors (Lipinski definition) is 3. The Morgan fingerprint density at radius 1 is 0.963 bits per heavy atom. The van der Waals surface area contributed by atoms with Crippen molar-refractivity contribution in [3.63, 3.8) is 0 Å². The van der Waals surface area contributed by atoms with Gasteiger partial charge in [-0.05, 0) is 80.6 Å². The lowest BCUT2D eigenvalue weighted by Gasteiger charge is -2.17. The molecule has 3 rings (SSSR count). The zero-order valence-electron chi connectivity index (χ0n) is 17.0. The number of ether oxygens (including phenoxy) is 2. The molecule has 3 heteroatoms. The summed E-state index contributed by atoms with van der Waals surface area (Å²) >= 11 is 0. The van der Waals surface area contributed by atoms with Crippen LogP contribution in [0.2, 0.25) is 0 Å². The first kappa shape index (κ1) is 19.5. The molecule has 0 saturated carbocycles. The molecular formula is C24H31NO2. The van der Waals surface area contributed by atoms with E-state index in [0.717, 1.165) is 37.4 Å². The standard InChI is InChI=1S/C24H31NO2/c1-18-7-5-9-21-13-19(16-24(18)21)8-6-11-25(2)12-10-20-14-22(26-3)17-23(15-20)27-4/h5,7,9,13-15,17H,6,8,10-12,16H2,1-4H3. The maximum atomic E-state index is 5.36. The zero-order chi connectivity index (χ0) is 19.2. The van der Waals surface area contributed by atoms with Crippen LogP contribution in [0.1, 0.15) is 35.1 Å². The van der Waals surface area contributed by atoms with Gasteiger partial charge < -0.3 is 14.4 Å². The molecule has 0 heterocycles. The second kappa shape index (κ2) is 9.09. The second-order valence-electron chi connectivity index (χ2n) is 7.50. The Morgan fingerprint density at radius 2 is 1.70 bits per heavy atom. The van der Waals surface area contributed by atoms with Crippen LogP contribution in [0.3, 0.4) is 0 Å². The molecule has 0 aromatic heterocycles. The summed E-state index contributed by atoms with van der Waals surface area (Å²) in [6.45, 7) is 4.37. The van der Waals surface area contributed by atoms with Crippen LogP contribution in [0.5, 0.6) is 11.5 Å². The van der Waals surface area contributed by atoms with Gasteiger partial charge in [-0.3, -0.25) is 0 Å². The van der Waals surface area contributed by atoms with Crippen molar-refractivity contribution in [1.29, 1.82) is 0 Å². The van der Waals surface area contributed by atoms with Gasteiger partial charge in [-0.15, -0.1) is 0 Å². The van der Waals surface area contributed by atoms with Gasteiger partial charge in [0.2, 0.25) is 0 Å². The van der Waals surface area contributed by atoms with E-state index in [0.29, 0.717) is 0 Å². The van der Waals surface area contributed by atoms with Crippen LogP contribution < -0.4 is 9.47 Å². The Balaban J connectivity index is 1.43. The lowest BCUT2D eigenvalue weighted by Crippen LogP contribution is -2.22. The molecule has 0 amide bonds. The van der Waals surface area contributed by atoms with Gasteiger partial charge in [0.1, 0.15) is 11.5 Å². The van der Waals surface area contributed by atoms with E-state index in [1.54, 1.807) is 19.8 Å². The second-order valence-corrected chi connectivity index (χ2v) is 7.50. The van der Waals surface area contributed by atoms with Crippen molar-refractivity contribution < 1.29 is 9.47 Å². The van der Waals surface area contributed by atoms with Gasteiger partial charge in [-0.1, -0.05) is 29.8 Å². The maximum Gasteiger partial charge on any atom is 0.122 e. The molecule has 144 valence electrons. The summed E-state index contributed by atoms with van der Waals surface area (Å²) in [6.07, 6.45) is 6.92. The van der Waals surface area contributed by atoms with Gasteiger partial charge in [0.15, 0.2) is 0 Å². The monoisotopic (exact) mass is 365 g/mol. The number of benzene rings is 2. The molecule has 0 spiro atoms. The summed E-state index contributed by atoms with van der Waals surface area (Å²) in [5.74, 6) is 1.71. The third-order valence-electron chi connectivity index (χ3n) is 5.44. The molecule has 1 aliphatic carbocycles. The maximum absolute atomic E-state index is 5.36. The van der Waals surface area contributed by atoms with Crippen molar-refractivity contribution in [3.05, 3.63) is 64.2 Å². The van der Waals surface area contributed by atoms with Crippen LogP contribution in [0.15, 0.2) is 42.0 Å². The van der Waals surface area contributed by atoms with E-state index in [1.807, 2.05) is 6.07 Å². The number of aryl methyl sites for hydroxylation is 1. The molecule has 0 radical (unpaired) electrons. The molecule has 2 aromatic rings. The topological polar surface area (TPSA) is 21.7 Å². The molecule has 27 heavy (non-hydrogen) atoms. The Morgan fingerprint density at radius 3 is 2.37 bits per heavy atom. The van der Waals surface area contributed by atoms with Crippen LogP contribution in [-0.4, -0.2) is 39.3 Å². The highest BCUT2D eigenvalue weighted by atomic mass is 16.5.